The topological polar surface area (TPSA) is 12.0 Å². The first-order valence-electron chi connectivity index (χ1n) is 7.65. The summed E-state index contributed by atoms with van der Waals surface area (Å²) < 4.78 is 0. The quantitative estimate of drug-likeness (QED) is 0.769. The normalized spacial score (nSPS) is 12.4. The number of benzene rings is 2. The molecule has 0 heterocycles. The van der Waals surface area contributed by atoms with Gasteiger partial charge in [0.05, 0.1) is 0 Å². The predicted octanol–water partition coefficient (Wildman–Crippen LogP) is 5.24. The lowest BCUT2D eigenvalue weighted by Crippen LogP contribution is -2.24. The molecule has 0 radical (unpaired) electrons. The Kier molecular flexibility index (Phi) is 5.84. The molecule has 0 spiro atoms. The highest BCUT2D eigenvalue weighted by molar-refractivity contribution is 6.30. The van der Waals surface area contributed by atoms with Crippen LogP contribution in [0.15, 0.2) is 42.5 Å². The molecule has 2 heteroatoms. The van der Waals surface area contributed by atoms with Crippen molar-refractivity contribution in [3.8, 4) is 0 Å². The van der Waals surface area contributed by atoms with Crippen molar-refractivity contribution < 1.29 is 0 Å². The second-order valence-corrected chi connectivity index (χ2v) is 6.13. The van der Waals surface area contributed by atoms with Gasteiger partial charge in [-0.25, -0.2) is 0 Å². The average molecular weight is 302 g/mol. The van der Waals surface area contributed by atoms with Crippen molar-refractivity contribution >= 4 is 11.6 Å². The zero-order valence-corrected chi connectivity index (χ0v) is 13.9. The highest BCUT2D eigenvalue weighted by Gasteiger charge is 2.14. The van der Waals surface area contributed by atoms with Gasteiger partial charge in [-0.3, -0.25) is 0 Å². The van der Waals surface area contributed by atoms with E-state index in [-0.39, 0.29) is 0 Å². The Morgan fingerprint density at radius 3 is 2.43 bits per heavy atom. The van der Waals surface area contributed by atoms with E-state index < -0.39 is 0 Å². The fourth-order valence-corrected chi connectivity index (χ4v) is 2.74. The van der Waals surface area contributed by atoms with E-state index in [0.29, 0.717) is 6.04 Å². The first-order valence-corrected chi connectivity index (χ1v) is 8.03. The highest BCUT2D eigenvalue weighted by Crippen LogP contribution is 2.25. The van der Waals surface area contributed by atoms with Crippen LogP contribution in [0, 0.1) is 13.8 Å². The zero-order chi connectivity index (χ0) is 15.2. The van der Waals surface area contributed by atoms with Crippen LogP contribution in [0.1, 0.15) is 41.6 Å². The highest BCUT2D eigenvalue weighted by atomic mass is 35.5. The van der Waals surface area contributed by atoms with Gasteiger partial charge in [-0.15, -0.1) is 0 Å². The number of aryl methyl sites for hydroxylation is 2. The van der Waals surface area contributed by atoms with Crippen molar-refractivity contribution in [2.45, 2.75) is 39.7 Å². The van der Waals surface area contributed by atoms with Gasteiger partial charge in [0.2, 0.25) is 0 Å². The molecular formula is C19H24ClN. The van der Waals surface area contributed by atoms with Gasteiger partial charge in [-0.2, -0.15) is 0 Å². The van der Waals surface area contributed by atoms with Crippen molar-refractivity contribution in [2.24, 2.45) is 0 Å². The molecule has 112 valence electrons. The standard InChI is InChI=1S/C19H24ClN/c1-4-11-21-19(12-16-8-5-14(2)6-9-16)18-13-17(20)10-7-15(18)3/h5-10,13,19,21H,4,11-12H2,1-3H3. The summed E-state index contributed by atoms with van der Waals surface area (Å²) in [6, 6.07) is 15.3. The SMILES string of the molecule is CCCNC(Cc1ccc(C)cc1)c1cc(Cl)ccc1C. The number of nitrogens with one attached hydrogen (secondary N) is 1. The molecule has 0 saturated carbocycles. The molecule has 2 aromatic rings. The first kappa shape index (κ1) is 16.1. The van der Waals surface area contributed by atoms with Gasteiger partial charge in [-0.1, -0.05) is 54.4 Å². The molecule has 2 rings (SSSR count). The van der Waals surface area contributed by atoms with Gasteiger partial charge in [0.1, 0.15) is 0 Å². The van der Waals surface area contributed by atoms with E-state index in [1.54, 1.807) is 0 Å². The molecule has 1 atom stereocenters. The van der Waals surface area contributed by atoms with Gasteiger partial charge in [0, 0.05) is 11.1 Å². The number of rotatable bonds is 6. The Labute approximate surface area is 133 Å². The Morgan fingerprint density at radius 1 is 1.05 bits per heavy atom. The maximum Gasteiger partial charge on any atom is 0.0409 e. The molecule has 0 amide bonds. The van der Waals surface area contributed by atoms with Crippen LogP contribution in [-0.2, 0) is 6.42 Å². The summed E-state index contributed by atoms with van der Waals surface area (Å²) in [6.07, 6.45) is 2.12. The maximum atomic E-state index is 6.19. The molecular weight excluding hydrogens is 278 g/mol. The molecule has 0 saturated heterocycles. The van der Waals surface area contributed by atoms with E-state index >= 15 is 0 Å². The van der Waals surface area contributed by atoms with E-state index in [1.165, 1.54) is 22.3 Å². The molecule has 1 unspecified atom stereocenters. The average Bonchev–Trinajstić information content (AvgIpc) is 2.48. The lowest BCUT2D eigenvalue weighted by molar-refractivity contribution is 0.527. The molecule has 0 aliphatic rings. The summed E-state index contributed by atoms with van der Waals surface area (Å²) in [5.74, 6) is 0. The molecule has 0 bridgehead atoms. The van der Waals surface area contributed by atoms with Crippen LogP contribution in [0.4, 0.5) is 0 Å². The third-order valence-corrected chi connectivity index (χ3v) is 4.05. The van der Waals surface area contributed by atoms with Gasteiger partial charge < -0.3 is 5.32 Å². The summed E-state index contributed by atoms with van der Waals surface area (Å²) in [5, 5.41) is 4.47. The number of halogens is 1. The summed E-state index contributed by atoms with van der Waals surface area (Å²) in [7, 11) is 0. The molecule has 1 nitrogen and oxygen atoms in total. The third-order valence-electron chi connectivity index (χ3n) is 3.82. The fraction of sp³-hybridized carbons (Fsp3) is 0.368. The van der Waals surface area contributed by atoms with Gasteiger partial charge in [-0.05, 0) is 62.1 Å². The fourth-order valence-electron chi connectivity index (χ4n) is 2.56. The van der Waals surface area contributed by atoms with Gasteiger partial charge in [0.25, 0.3) is 0 Å². The van der Waals surface area contributed by atoms with E-state index in [9.17, 15) is 0 Å². The molecule has 0 aliphatic heterocycles. The van der Waals surface area contributed by atoms with Gasteiger partial charge in [0.15, 0.2) is 0 Å². The summed E-state index contributed by atoms with van der Waals surface area (Å²) >= 11 is 6.19. The summed E-state index contributed by atoms with van der Waals surface area (Å²) in [6.45, 7) is 7.49. The van der Waals surface area contributed by atoms with Crippen molar-refractivity contribution in [3.63, 3.8) is 0 Å². The molecule has 0 aromatic heterocycles. The van der Waals surface area contributed by atoms with Crippen LogP contribution in [0.5, 0.6) is 0 Å². The molecule has 0 aliphatic carbocycles. The minimum Gasteiger partial charge on any atom is -0.310 e. The smallest absolute Gasteiger partial charge is 0.0409 e. The largest absolute Gasteiger partial charge is 0.310 e. The minimum absolute atomic E-state index is 0.311. The molecule has 21 heavy (non-hydrogen) atoms. The van der Waals surface area contributed by atoms with Crippen LogP contribution in [0.2, 0.25) is 5.02 Å². The lowest BCUT2D eigenvalue weighted by Gasteiger charge is -2.21. The van der Waals surface area contributed by atoms with Crippen LogP contribution in [0.25, 0.3) is 0 Å². The van der Waals surface area contributed by atoms with Gasteiger partial charge >= 0.3 is 0 Å². The van der Waals surface area contributed by atoms with E-state index in [4.69, 9.17) is 11.6 Å². The summed E-state index contributed by atoms with van der Waals surface area (Å²) in [4.78, 5) is 0. The van der Waals surface area contributed by atoms with Crippen LogP contribution in [0.3, 0.4) is 0 Å². The van der Waals surface area contributed by atoms with Crippen molar-refractivity contribution in [1.29, 1.82) is 0 Å². The molecule has 2 aromatic carbocycles. The van der Waals surface area contributed by atoms with Crippen LogP contribution in [-0.4, -0.2) is 6.54 Å². The summed E-state index contributed by atoms with van der Waals surface area (Å²) in [5.41, 5.74) is 5.25. The lowest BCUT2D eigenvalue weighted by atomic mass is 9.95. The van der Waals surface area contributed by atoms with E-state index in [2.05, 4.69) is 62.5 Å². The van der Waals surface area contributed by atoms with E-state index in [0.717, 1.165) is 24.4 Å². The molecule has 1 N–H and O–H groups in total. The Morgan fingerprint density at radius 2 is 1.76 bits per heavy atom. The second kappa shape index (κ2) is 7.63. The Balaban J connectivity index is 2.25. The third kappa shape index (κ3) is 4.59. The van der Waals surface area contributed by atoms with Crippen molar-refractivity contribution in [1.82, 2.24) is 5.32 Å². The van der Waals surface area contributed by atoms with Crippen LogP contribution >= 0.6 is 11.6 Å². The second-order valence-electron chi connectivity index (χ2n) is 5.70. The van der Waals surface area contributed by atoms with E-state index in [1.807, 2.05) is 6.07 Å². The van der Waals surface area contributed by atoms with Crippen LogP contribution < -0.4 is 5.32 Å². The Hall–Kier alpha value is -1.31. The zero-order valence-electron chi connectivity index (χ0n) is 13.1. The Bertz CT molecular complexity index is 575. The first-order chi connectivity index (χ1) is 10.1. The monoisotopic (exact) mass is 301 g/mol. The maximum absolute atomic E-state index is 6.19. The minimum atomic E-state index is 0.311. The molecule has 0 fully saturated rings. The number of hydrogen-bond donors (Lipinski definition) is 1. The van der Waals surface area contributed by atoms with Crippen molar-refractivity contribution in [3.05, 3.63) is 69.7 Å². The predicted molar refractivity (Wildman–Crippen MR) is 92.1 cm³/mol. The number of hydrogen-bond acceptors (Lipinski definition) is 1. The van der Waals surface area contributed by atoms with Crippen molar-refractivity contribution in [2.75, 3.05) is 6.54 Å².